The van der Waals surface area contributed by atoms with Crippen molar-refractivity contribution in [2.45, 2.75) is 6.92 Å². The van der Waals surface area contributed by atoms with Gasteiger partial charge in [0.15, 0.2) is 0 Å². The number of hydrogen-bond acceptors (Lipinski definition) is 6. The Morgan fingerprint density at radius 2 is 1.93 bits per heavy atom. The van der Waals surface area contributed by atoms with Crippen LogP contribution in [0.15, 0.2) is 60.8 Å². The minimum atomic E-state index is -0.0252. The van der Waals surface area contributed by atoms with Gasteiger partial charge in [0.25, 0.3) is 0 Å². The number of aliphatic hydroxyl groups excluding tert-OH is 1. The van der Waals surface area contributed by atoms with Gasteiger partial charge in [-0.25, -0.2) is 4.98 Å². The van der Waals surface area contributed by atoms with Crippen LogP contribution in [0, 0.1) is 6.92 Å². The molecular weight excluding hydrogens is 354 g/mol. The molecule has 0 radical (unpaired) electrons. The lowest BCUT2D eigenvalue weighted by Crippen LogP contribution is -2.03. The second kappa shape index (κ2) is 7.98. The van der Waals surface area contributed by atoms with E-state index in [2.05, 4.69) is 37.7 Å². The summed E-state index contributed by atoms with van der Waals surface area (Å²) in [6, 6.07) is 17.5. The standard InChI is InChI=1S/C21H21N5O2/c1-14-11-15-12-17(5-6-19(15)23-14)24-20-7-8-22-21(26-20)25-16-3-2-4-18(13-16)28-10-9-27/h2-8,11-13,23,27H,9-10H2,1H3,(H2,22,24,25,26). The number of nitrogens with one attached hydrogen (secondary N) is 3. The fraction of sp³-hybridized carbons (Fsp3) is 0.143. The van der Waals surface area contributed by atoms with Crippen LogP contribution >= 0.6 is 0 Å². The van der Waals surface area contributed by atoms with Crippen LogP contribution in [-0.4, -0.2) is 33.3 Å². The molecule has 2 heterocycles. The number of H-pyrrole nitrogens is 1. The smallest absolute Gasteiger partial charge is 0.229 e. The first-order valence-corrected chi connectivity index (χ1v) is 9.00. The highest BCUT2D eigenvalue weighted by Crippen LogP contribution is 2.24. The molecule has 0 unspecified atom stereocenters. The Balaban J connectivity index is 1.49. The van der Waals surface area contributed by atoms with Gasteiger partial charge in [0.1, 0.15) is 18.2 Å². The van der Waals surface area contributed by atoms with Crippen molar-refractivity contribution in [3.8, 4) is 5.75 Å². The summed E-state index contributed by atoms with van der Waals surface area (Å²) in [7, 11) is 0. The van der Waals surface area contributed by atoms with Gasteiger partial charge in [-0.05, 0) is 49.4 Å². The normalized spacial score (nSPS) is 10.8. The van der Waals surface area contributed by atoms with Crippen molar-refractivity contribution >= 4 is 34.0 Å². The Labute approximate surface area is 162 Å². The van der Waals surface area contributed by atoms with E-state index in [-0.39, 0.29) is 13.2 Å². The highest BCUT2D eigenvalue weighted by Gasteiger charge is 2.04. The van der Waals surface area contributed by atoms with E-state index < -0.39 is 0 Å². The molecule has 0 saturated heterocycles. The van der Waals surface area contributed by atoms with Gasteiger partial charge in [-0.1, -0.05) is 6.07 Å². The molecule has 0 atom stereocenters. The van der Waals surface area contributed by atoms with Crippen molar-refractivity contribution in [2.24, 2.45) is 0 Å². The van der Waals surface area contributed by atoms with Crippen LogP contribution in [0.5, 0.6) is 5.75 Å². The first-order valence-electron chi connectivity index (χ1n) is 9.00. The SMILES string of the molecule is Cc1cc2cc(Nc3ccnc(Nc4cccc(OCCO)c4)n3)ccc2[nH]1. The second-order valence-electron chi connectivity index (χ2n) is 6.37. The third-order valence-electron chi connectivity index (χ3n) is 4.13. The van der Waals surface area contributed by atoms with E-state index in [9.17, 15) is 0 Å². The molecule has 4 rings (SSSR count). The minimum absolute atomic E-state index is 0.0252. The minimum Gasteiger partial charge on any atom is -0.491 e. The van der Waals surface area contributed by atoms with E-state index in [1.807, 2.05) is 49.4 Å². The summed E-state index contributed by atoms with van der Waals surface area (Å²) in [5, 5.41) is 16.5. The van der Waals surface area contributed by atoms with Crippen molar-refractivity contribution < 1.29 is 9.84 Å². The van der Waals surface area contributed by atoms with Crippen LogP contribution in [-0.2, 0) is 0 Å². The summed E-state index contributed by atoms with van der Waals surface area (Å²) in [6.07, 6.45) is 1.70. The molecule has 0 aliphatic rings. The fourth-order valence-electron chi connectivity index (χ4n) is 2.95. The van der Waals surface area contributed by atoms with Crippen LogP contribution < -0.4 is 15.4 Å². The van der Waals surface area contributed by atoms with E-state index >= 15 is 0 Å². The molecule has 0 aliphatic heterocycles. The lowest BCUT2D eigenvalue weighted by Gasteiger charge is -2.10. The highest BCUT2D eigenvalue weighted by molar-refractivity contribution is 5.84. The lowest BCUT2D eigenvalue weighted by molar-refractivity contribution is 0.201. The number of hydrogen-bond donors (Lipinski definition) is 4. The summed E-state index contributed by atoms with van der Waals surface area (Å²) in [5.74, 6) is 1.84. The van der Waals surface area contributed by atoms with Gasteiger partial charge in [0.2, 0.25) is 5.95 Å². The molecule has 4 aromatic rings. The molecule has 0 spiro atoms. The fourth-order valence-corrected chi connectivity index (χ4v) is 2.95. The Hall–Kier alpha value is -3.58. The number of aromatic nitrogens is 3. The topological polar surface area (TPSA) is 95.1 Å². The van der Waals surface area contributed by atoms with Gasteiger partial charge in [-0.2, -0.15) is 4.98 Å². The average molecular weight is 375 g/mol. The first kappa shape index (κ1) is 17.8. The zero-order valence-electron chi connectivity index (χ0n) is 15.4. The zero-order chi connectivity index (χ0) is 19.3. The van der Waals surface area contributed by atoms with Gasteiger partial charge in [-0.3, -0.25) is 0 Å². The molecule has 7 heteroatoms. The second-order valence-corrected chi connectivity index (χ2v) is 6.37. The number of nitrogens with zero attached hydrogens (tertiary/aromatic N) is 2. The number of aliphatic hydroxyl groups is 1. The molecule has 28 heavy (non-hydrogen) atoms. The molecule has 4 N–H and O–H groups in total. The van der Waals surface area contributed by atoms with E-state index in [1.165, 1.54) is 0 Å². The van der Waals surface area contributed by atoms with Crippen molar-refractivity contribution in [1.82, 2.24) is 15.0 Å². The zero-order valence-corrected chi connectivity index (χ0v) is 15.4. The van der Waals surface area contributed by atoms with Crippen LogP contribution in [0.1, 0.15) is 5.69 Å². The summed E-state index contributed by atoms with van der Waals surface area (Å²) >= 11 is 0. The third kappa shape index (κ3) is 4.21. The molecule has 2 aromatic carbocycles. The van der Waals surface area contributed by atoms with Gasteiger partial charge in [0.05, 0.1) is 6.61 Å². The predicted octanol–water partition coefficient (Wildman–Crippen LogP) is 4.12. The van der Waals surface area contributed by atoms with Crippen molar-refractivity contribution in [3.05, 3.63) is 66.5 Å². The number of ether oxygens (including phenoxy) is 1. The third-order valence-corrected chi connectivity index (χ3v) is 4.13. The predicted molar refractivity (Wildman–Crippen MR) is 111 cm³/mol. The quantitative estimate of drug-likeness (QED) is 0.388. The van der Waals surface area contributed by atoms with E-state index in [0.717, 1.165) is 28.0 Å². The van der Waals surface area contributed by atoms with Gasteiger partial charge >= 0.3 is 0 Å². The first-order chi connectivity index (χ1) is 13.7. The number of fused-ring (bicyclic) bond motifs is 1. The molecule has 0 amide bonds. The number of benzene rings is 2. The van der Waals surface area contributed by atoms with Crippen LogP contribution in [0.25, 0.3) is 10.9 Å². The summed E-state index contributed by atoms with van der Waals surface area (Å²) in [6.45, 7) is 2.27. The van der Waals surface area contributed by atoms with Gasteiger partial charge in [-0.15, -0.1) is 0 Å². The van der Waals surface area contributed by atoms with E-state index in [4.69, 9.17) is 9.84 Å². The highest BCUT2D eigenvalue weighted by atomic mass is 16.5. The summed E-state index contributed by atoms with van der Waals surface area (Å²) in [4.78, 5) is 12.1. The van der Waals surface area contributed by atoms with Crippen molar-refractivity contribution in [3.63, 3.8) is 0 Å². The van der Waals surface area contributed by atoms with Gasteiger partial charge in [0, 0.05) is 40.2 Å². The molecule has 0 aliphatic carbocycles. The molecular formula is C21H21N5O2. The molecule has 2 aromatic heterocycles. The number of aromatic amines is 1. The van der Waals surface area contributed by atoms with Gasteiger partial charge < -0.3 is 25.5 Å². The summed E-state index contributed by atoms with van der Waals surface area (Å²) < 4.78 is 5.43. The summed E-state index contributed by atoms with van der Waals surface area (Å²) in [5.41, 5.74) is 4.00. The monoisotopic (exact) mass is 375 g/mol. The maximum atomic E-state index is 8.87. The molecule has 7 nitrogen and oxygen atoms in total. The maximum Gasteiger partial charge on any atom is 0.229 e. The molecule has 0 bridgehead atoms. The van der Waals surface area contributed by atoms with Crippen LogP contribution in [0.2, 0.25) is 0 Å². The molecule has 0 fully saturated rings. The largest absolute Gasteiger partial charge is 0.491 e. The van der Waals surface area contributed by atoms with Crippen molar-refractivity contribution in [1.29, 1.82) is 0 Å². The van der Waals surface area contributed by atoms with Crippen LogP contribution in [0.3, 0.4) is 0 Å². The number of rotatable bonds is 7. The molecule has 0 saturated carbocycles. The van der Waals surface area contributed by atoms with E-state index in [0.29, 0.717) is 17.5 Å². The Bertz CT molecular complexity index is 1090. The maximum absolute atomic E-state index is 8.87. The van der Waals surface area contributed by atoms with Crippen LogP contribution in [0.4, 0.5) is 23.1 Å². The molecule has 142 valence electrons. The van der Waals surface area contributed by atoms with E-state index in [1.54, 1.807) is 6.20 Å². The number of anilines is 4. The average Bonchev–Trinajstić information content (AvgIpc) is 3.06. The Morgan fingerprint density at radius 1 is 1.04 bits per heavy atom. The Kier molecular flexibility index (Phi) is 5.07. The Morgan fingerprint density at radius 3 is 2.82 bits per heavy atom. The number of aryl methyl sites for hydroxylation is 1. The lowest BCUT2D eigenvalue weighted by atomic mass is 10.2. The van der Waals surface area contributed by atoms with Crippen molar-refractivity contribution in [2.75, 3.05) is 23.8 Å².